The number of alkyl halides is 3. The van der Waals surface area contributed by atoms with E-state index >= 15 is 0 Å². The molecule has 0 fully saturated rings. The van der Waals surface area contributed by atoms with Gasteiger partial charge in [-0.2, -0.15) is 13.2 Å². The Morgan fingerprint density at radius 2 is 1.73 bits per heavy atom. The number of nitrogens with one attached hydrogen (secondary N) is 1. The molecule has 0 saturated heterocycles. The van der Waals surface area contributed by atoms with Crippen LogP contribution >= 0.6 is 0 Å². The zero-order chi connectivity index (χ0) is 19.5. The second kappa shape index (κ2) is 7.81. The topological polar surface area (TPSA) is 27.6 Å². The number of hydrogen-bond acceptors (Lipinski definition) is 2. The number of benzene rings is 2. The van der Waals surface area contributed by atoms with Crippen molar-refractivity contribution in [2.45, 2.75) is 33.9 Å². The molecule has 0 bridgehead atoms. The zero-order valence-electron chi connectivity index (χ0n) is 15.7. The molecule has 0 aromatic heterocycles. The Morgan fingerprint density at radius 1 is 1.04 bits per heavy atom. The van der Waals surface area contributed by atoms with Crippen molar-refractivity contribution < 1.29 is 13.2 Å². The van der Waals surface area contributed by atoms with E-state index in [4.69, 9.17) is 0 Å². The maximum Gasteiger partial charge on any atom is 0.418 e. The van der Waals surface area contributed by atoms with Gasteiger partial charge in [-0.3, -0.25) is 0 Å². The number of halogens is 3. The van der Waals surface area contributed by atoms with Crippen molar-refractivity contribution in [3.8, 4) is 0 Å². The third-order valence-electron chi connectivity index (χ3n) is 4.19. The highest BCUT2D eigenvalue weighted by Crippen LogP contribution is 2.37. The molecule has 26 heavy (non-hydrogen) atoms. The van der Waals surface area contributed by atoms with Crippen LogP contribution in [0.1, 0.15) is 29.2 Å². The van der Waals surface area contributed by atoms with Gasteiger partial charge < -0.3 is 10.2 Å². The predicted molar refractivity (Wildman–Crippen MR) is 102 cm³/mol. The van der Waals surface area contributed by atoms with Crippen molar-refractivity contribution in [3.63, 3.8) is 0 Å². The summed E-state index contributed by atoms with van der Waals surface area (Å²) >= 11 is 0. The van der Waals surface area contributed by atoms with Crippen LogP contribution in [-0.4, -0.2) is 24.8 Å². The van der Waals surface area contributed by atoms with Gasteiger partial charge in [0, 0.05) is 19.3 Å². The Morgan fingerprint density at radius 3 is 2.35 bits per heavy atom. The van der Waals surface area contributed by atoms with Crippen molar-refractivity contribution in [1.29, 1.82) is 0 Å². The predicted octanol–water partition coefficient (Wildman–Crippen LogP) is 5.99. The van der Waals surface area contributed by atoms with Gasteiger partial charge in [-0.15, -0.1) is 0 Å². The molecule has 6 heteroatoms. The molecule has 0 saturated carbocycles. The SMILES string of the molecule is CCN(C)C=Nc1cc(C)c(Nc2cc(C)ccc2C(F)(F)F)cc1C. The molecule has 0 aliphatic carbocycles. The van der Waals surface area contributed by atoms with Crippen LogP contribution in [0.3, 0.4) is 0 Å². The molecule has 0 unspecified atom stereocenters. The van der Waals surface area contributed by atoms with Gasteiger partial charge in [0.25, 0.3) is 0 Å². The average Bonchev–Trinajstić information content (AvgIpc) is 2.55. The van der Waals surface area contributed by atoms with Gasteiger partial charge >= 0.3 is 6.18 Å². The molecule has 0 aliphatic heterocycles. The van der Waals surface area contributed by atoms with Gasteiger partial charge in [-0.25, -0.2) is 4.99 Å². The monoisotopic (exact) mass is 363 g/mol. The zero-order valence-corrected chi connectivity index (χ0v) is 15.7. The Hall–Kier alpha value is -2.50. The van der Waals surface area contributed by atoms with E-state index in [-0.39, 0.29) is 5.69 Å². The van der Waals surface area contributed by atoms with Crippen molar-refractivity contribution in [3.05, 3.63) is 52.6 Å². The number of hydrogen-bond donors (Lipinski definition) is 1. The second-order valence-electron chi connectivity index (χ2n) is 6.44. The Labute approximate surface area is 152 Å². The highest BCUT2D eigenvalue weighted by atomic mass is 19.4. The lowest BCUT2D eigenvalue weighted by Gasteiger charge is -2.18. The number of aliphatic imine (C=N–C) groups is 1. The van der Waals surface area contributed by atoms with Gasteiger partial charge in [0.1, 0.15) is 0 Å². The van der Waals surface area contributed by atoms with Crippen molar-refractivity contribution in [2.75, 3.05) is 18.9 Å². The average molecular weight is 363 g/mol. The maximum atomic E-state index is 13.3. The molecule has 0 atom stereocenters. The molecule has 0 radical (unpaired) electrons. The normalized spacial score (nSPS) is 11.8. The van der Waals surface area contributed by atoms with Crippen LogP contribution in [-0.2, 0) is 6.18 Å². The molecular weight excluding hydrogens is 339 g/mol. The van der Waals surface area contributed by atoms with Crippen LogP contribution in [0.4, 0.5) is 30.2 Å². The summed E-state index contributed by atoms with van der Waals surface area (Å²) in [6.45, 7) is 8.38. The fraction of sp³-hybridized carbons (Fsp3) is 0.350. The fourth-order valence-electron chi connectivity index (χ4n) is 2.47. The number of nitrogens with zero attached hydrogens (tertiary/aromatic N) is 2. The van der Waals surface area contributed by atoms with Gasteiger partial charge in [-0.1, -0.05) is 6.07 Å². The lowest BCUT2D eigenvalue weighted by molar-refractivity contribution is -0.136. The lowest BCUT2D eigenvalue weighted by Crippen LogP contribution is -2.14. The smallest absolute Gasteiger partial charge is 0.366 e. The quantitative estimate of drug-likeness (QED) is 0.522. The summed E-state index contributed by atoms with van der Waals surface area (Å²) in [6, 6.07) is 7.80. The first-order valence-corrected chi connectivity index (χ1v) is 8.42. The lowest BCUT2D eigenvalue weighted by atomic mass is 10.1. The minimum Gasteiger partial charge on any atom is -0.366 e. The molecule has 140 valence electrons. The van der Waals surface area contributed by atoms with Crippen molar-refractivity contribution in [1.82, 2.24) is 4.90 Å². The van der Waals surface area contributed by atoms with Gasteiger partial charge in [0.15, 0.2) is 0 Å². The number of aryl methyl sites for hydroxylation is 3. The largest absolute Gasteiger partial charge is 0.418 e. The van der Waals surface area contributed by atoms with Crippen LogP contribution in [0, 0.1) is 20.8 Å². The summed E-state index contributed by atoms with van der Waals surface area (Å²) in [5.41, 5.74) is 3.30. The van der Waals surface area contributed by atoms with E-state index in [9.17, 15) is 13.2 Å². The molecule has 0 aliphatic rings. The highest BCUT2D eigenvalue weighted by Gasteiger charge is 2.33. The van der Waals surface area contributed by atoms with Gasteiger partial charge in [-0.05, 0) is 68.7 Å². The molecule has 0 amide bonds. The summed E-state index contributed by atoms with van der Waals surface area (Å²) < 4.78 is 39.8. The molecule has 2 rings (SSSR count). The molecular formula is C20H24F3N3. The molecule has 3 nitrogen and oxygen atoms in total. The molecule has 2 aromatic carbocycles. The van der Waals surface area contributed by atoms with E-state index in [1.165, 1.54) is 12.1 Å². The number of anilines is 2. The number of rotatable bonds is 5. The van der Waals surface area contributed by atoms with Crippen molar-refractivity contribution >= 4 is 23.4 Å². The fourth-order valence-corrected chi connectivity index (χ4v) is 2.47. The van der Waals surface area contributed by atoms with Crippen LogP contribution in [0.25, 0.3) is 0 Å². The highest BCUT2D eigenvalue weighted by molar-refractivity contribution is 5.72. The van der Waals surface area contributed by atoms with E-state index in [0.717, 1.165) is 35.0 Å². The van der Waals surface area contributed by atoms with Crippen LogP contribution < -0.4 is 5.32 Å². The first-order valence-electron chi connectivity index (χ1n) is 8.42. The van der Waals surface area contributed by atoms with E-state index in [1.54, 1.807) is 13.3 Å². The molecule has 0 heterocycles. The standard InChI is InChI=1S/C20H24F3N3/c1-6-26(5)12-24-17-10-15(4)18(11-14(17)3)25-19-9-13(2)7-8-16(19)20(21,22)23/h7-12,25H,6H2,1-5H3. The van der Waals surface area contributed by atoms with Crippen LogP contribution in [0.2, 0.25) is 0 Å². The summed E-state index contributed by atoms with van der Waals surface area (Å²) in [6.07, 6.45) is -2.66. The van der Waals surface area contributed by atoms with E-state index in [0.29, 0.717) is 5.69 Å². The maximum absolute atomic E-state index is 13.3. The van der Waals surface area contributed by atoms with Crippen LogP contribution in [0.5, 0.6) is 0 Å². The third-order valence-corrected chi connectivity index (χ3v) is 4.19. The van der Waals surface area contributed by atoms with Crippen LogP contribution in [0.15, 0.2) is 35.3 Å². The summed E-state index contributed by atoms with van der Waals surface area (Å²) in [5, 5.41) is 2.95. The Balaban J connectivity index is 2.39. The first kappa shape index (κ1) is 19.8. The summed E-state index contributed by atoms with van der Waals surface area (Å²) in [5.74, 6) is 0. The minimum absolute atomic E-state index is 0.0574. The van der Waals surface area contributed by atoms with E-state index < -0.39 is 11.7 Å². The molecule has 1 N–H and O–H groups in total. The first-order chi connectivity index (χ1) is 12.1. The Kier molecular flexibility index (Phi) is 5.95. The van der Waals surface area contributed by atoms with Gasteiger partial charge in [0.05, 0.1) is 23.3 Å². The third kappa shape index (κ3) is 4.77. The molecule has 2 aromatic rings. The van der Waals surface area contributed by atoms with E-state index in [2.05, 4.69) is 10.3 Å². The van der Waals surface area contributed by atoms with Crippen molar-refractivity contribution in [2.24, 2.45) is 4.99 Å². The Bertz CT molecular complexity index is 811. The van der Waals surface area contributed by atoms with E-state index in [1.807, 2.05) is 44.9 Å². The molecule has 0 spiro atoms. The summed E-state index contributed by atoms with van der Waals surface area (Å²) in [4.78, 5) is 6.40. The second-order valence-corrected chi connectivity index (χ2v) is 6.44. The van der Waals surface area contributed by atoms with Gasteiger partial charge in [0.2, 0.25) is 0 Å². The minimum atomic E-state index is -4.41. The summed E-state index contributed by atoms with van der Waals surface area (Å²) in [7, 11) is 1.93.